The van der Waals surface area contributed by atoms with Crippen LogP contribution in [0.15, 0.2) is 28.7 Å². The van der Waals surface area contributed by atoms with E-state index in [0.717, 1.165) is 28.2 Å². The summed E-state index contributed by atoms with van der Waals surface area (Å²) in [6.07, 6.45) is 1.69. The molecule has 1 aromatic carbocycles. The SMILES string of the molecule is NCCC[C@H](N)CNC(=O)c1cc2ccc(Br)cc2[nH]1. The third kappa shape index (κ3) is 3.82. The van der Waals surface area contributed by atoms with E-state index in [-0.39, 0.29) is 11.9 Å². The van der Waals surface area contributed by atoms with Crippen LogP contribution in [0.25, 0.3) is 10.9 Å². The number of nitrogens with one attached hydrogen (secondary N) is 2. The van der Waals surface area contributed by atoms with E-state index in [1.54, 1.807) is 0 Å². The molecule has 0 bridgehead atoms. The molecule has 1 amide bonds. The average Bonchev–Trinajstić information content (AvgIpc) is 2.85. The van der Waals surface area contributed by atoms with Crippen LogP contribution in [0.1, 0.15) is 23.3 Å². The first-order valence-corrected chi connectivity index (χ1v) is 7.41. The van der Waals surface area contributed by atoms with E-state index in [1.807, 2.05) is 24.3 Å². The van der Waals surface area contributed by atoms with E-state index in [4.69, 9.17) is 11.5 Å². The van der Waals surface area contributed by atoms with Gasteiger partial charge in [-0.25, -0.2) is 0 Å². The Morgan fingerprint density at radius 1 is 1.40 bits per heavy atom. The molecule has 0 fully saturated rings. The first kappa shape index (κ1) is 15.0. The van der Waals surface area contributed by atoms with Crippen molar-refractivity contribution in [1.82, 2.24) is 10.3 Å². The van der Waals surface area contributed by atoms with Crippen LogP contribution in [0.4, 0.5) is 0 Å². The molecule has 5 nitrogen and oxygen atoms in total. The van der Waals surface area contributed by atoms with Crippen LogP contribution >= 0.6 is 15.9 Å². The highest BCUT2D eigenvalue weighted by atomic mass is 79.9. The molecule has 0 unspecified atom stereocenters. The quantitative estimate of drug-likeness (QED) is 0.645. The molecule has 0 saturated heterocycles. The van der Waals surface area contributed by atoms with Gasteiger partial charge in [0.25, 0.3) is 5.91 Å². The van der Waals surface area contributed by atoms with Crippen LogP contribution < -0.4 is 16.8 Å². The topological polar surface area (TPSA) is 96.9 Å². The number of aromatic amines is 1. The fraction of sp³-hybridized carbons (Fsp3) is 0.357. The number of fused-ring (bicyclic) bond motifs is 1. The molecule has 0 aliphatic rings. The number of rotatable bonds is 6. The molecule has 1 atom stereocenters. The summed E-state index contributed by atoms with van der Waals surface area (Å²) in [5.74, 6) is -0.138. The number of carbonyl (C=O) groups excluding carboxylic acids is 1. The second-order valence-electron chi connectivity index (χ2n) is 4.82. The van der Waals surface area contributed by atoms with Crippen molar-refractivity contribution >= 4 is 32.7 Å². The number of carbonyl (C=O) groups is 1. The van der Waals surface area contributed by atoms with Crippen LogP contribution in [-0.2, 0) is 0 Å². The standard InChI is InChI=1S/C14H19BrN4O/c15-10-4-3-9-6-13(19-12(9)7-10)14(20)18-8-11(17)2-1-5-16/h3-4,6-7,11,19H,1-2,5,8,16-17H2,(H,18,20)/t11-/m0/s1. The zero-order valence-corrected chi connectivity index (χ0v) is 12.7. The maximum absolute atomic E-state index is 12.0. The Morgan fingerprint density at radius 2 is 2.20 bits per heavy atom. The maximum atomic E-state index is 12.0. The Morgan fingerprint density at radius 3 is 2.95 bits per heavy atom. The average molecular weight is 339 g/mol. The highest BCUT2D eigenvalue weighted by Gasteiger charge is 2.11. The minimum atomic E-state index is -0.138. The van der Waals surface area contributed by atoms with Gasteiger partial charge in [0.15, 0.2) is 0 Å². The highest BCUT2D eigenvalue weighted by Crippen LogP contribution is 2.20. The highest BCUT2D eigenvalue weighted by molar-refractivity contribution is 9.10. The second kappa shape index (κ2) is 6.88. The van der Waals surface area contributed by atoms with E-state index in [1.165, 1.54) is 0 Å². The molecule has 6 heteroatoms. The summed E-state index contributed by atoms with van der Waals surface area (Å²) in [7, 11) is 0. The fourth-order valence-electron chi connectivity index (χ4n) is 2.02. The lowest BCUT2D eigenvalue weighted by Gasteiger charge is -2.11. The monoisotopic (exact) mass is 338 g/mol. The van der Waals surface area contributed by atoms with Crippen LogP contribution in [0.5, 0.6) is 0 Å². The van der Waals surface area contributed by atoms with E-state index in [0.29, 0.717) is 18.8 Å². The van der Waals surface area contributed by atoms with Crippen molar-refractivity contribution in [2.75, 3.05) is 13.1 Å². The molecular formula is C14H19BrN4O. The molecule has 2 aromatic rings. The lowest BCUT2D eigenvalue weighted by atomic mass is 10.1. The molecule has 0 radical (unpaired) electrons. The largest absolute Gasteiger partial charge is 0.350 e. The minimum absolute atomic E-state index is 0.0546. The van der Waals surface area contributed by atoms with Crippen molar-refractivity contribution in [3.63, 3.8) is 0 Å². The molecule has 6 N–H and O–H groups in total. The number of amides is 1. The number of nitrogens with two attached hydrogens (primary N) is 2. The van der Waals surface area contributed by atoms with Gasteiger partial charge in [-0.1, -0.05) is 22.0 Å². The summed E-state index contributed by atoms with van der Waals surface area (Å²) in [6.45, 7) is 1.08. The van der Waals surface area contributed by atoms with Crippen molar-refractivity contribution in [2.45, 2.75) is 18.9 Å². The van der Waals surface area contributed by atoms with E-state index in [9.17, 15) is 4.79 Å². The zero-order chi connectivity index (χ0) is 14.5. The zero-order valence-electron chi connectivity index (χ0n) is 11.2. The van der Waals surface area contributed by atoms with Gasteiger partial charge in [0.05, 0.1) is 0 Å². The number of benzene rings is 1. The van der Waals surface area contributed by atoms with Gasteiger partial charge in [-0.15, -0.1) is 0 Å². The third-order valence-corrected chi connectivity index (χ3v) is 3.63. The van der Waals surface area contributed by atoms with Crippen molar-refractivity contribution in [3.05, 3.63) is 34.4 Å². The Hall–Kier alpha value is -1.37. The fourth-order valence-corrected chi connectivity index (χ4v) is 2.38. The van der Waals surface area contributed by atoms with Crippen LogP contribution in [0, 0.1) is 0 Å². The van der Waals surface area contributed by atoms with E-state index >= 15 is 0 Å². The van der Waals surface area contributed by atoms with Gasteiger partial charge in [-0.05, 0) is 37.6 Å². The lowest BCUT2D eigenvalue weighted by Crippen LogP contribution is -2.37. The summed E-state index contributed by atoms with van der Waals surface area (Å²) in [5.41, 5.74) is 12.8. The van der Waals surface area contributed by atoms with Gasteiger partial charge in [-0.2, -0.15) is 0 Å². The molecule has 1 aromatic heterocycles. The number of aromatic nitrogens is 1. The van der Waals surface area contributed by atoms with Crippen molar-refractivity contribution in [2.24, 2.45) is 11.5 Å². The summed E-state index contributed by atoms with van der Waals surface area (Å²) < 4.78 is 0.975. The van der Waals surface area contributed by atoms with Gasteiger partial charge < -0.3 is 21.8 Å². The van der Waals surface area contributed by atoms with Crippen molar-refractivity contribution < 1.29 is 4.79 Å². The number of halogens is 1. The predicted molar refractivity (Wildman–Crippen MR) is 84.6 cm³/mol. The first-order valence-electron chi connectivity index (χ1n) is 6.62. The van der Waals surface area contributed by atoms with Crippen LogP contribution in [-0.4, -0.2) is 30.0 Å². The van der Waals surface area contributed by atoms with Gasteiger partial charge in [-0.3, -0.25) is 4.79 Å². The van der Waals surface area contributed by atoms with Crippen LogP contribution in [0.2, 0.25) is 0 Å². The van der Waals surface area contributed by atoms with Gasteiger partial charge in [0.1, 0.15) is 5.69 Å². The predicted octanol–water partition coefficient (Wildman–Crippen LogP) is 1.73. The molecular weight excluding hydrogens is 320 g/mol. The van der Waals surface area contributed by atoms with E-state index in [2.05, 4.69) is 26.2 Å². The van der Waals surface area contributed by atoms with Crippen molar-refractivity contribution in [3.8, 4) is 0 Å². The van der Waals surface area contributed by atoms with Gasteiger partial charge in [0, 0.05) is 28.0 Å². The van der Waals surface area contributed by atoms with Crippen LogP contribution in [0.3, 0.4) is 0 Å². The second-order valence-corrected chi connectivity index (χ2v) is 5.73. The smallest absolute Gasteiger partial charge is 0.267 e. The number of H-pyrrole nitrogens is 1. The molecule has 0 saturated carbocycles. The number of hydrogen-bond acceptors (Lipinski definition) is 3. The van der Waals surface area contributed by atoms with Crippen molar-refractivity contribution in [1.29, 1.82) is 0 Å². The molecule has 0 aliphatic heterocycles. The summed E-state index contributed by atoms with van der Waals surface area (Å²) in [4.78, 5) is 15.1. The molecule has 2 rings (SSSR count). The summed E-state index contributed by atoms with van der Waals surface area (Å²) >= 11 is 3.41. The minimum Gasteiger partial charge on any atom is -0.350 e. The Bertz CT molecular complexity index is 596. The molecule has 1 heterocycles. The summed E-state index contributed by atoms with van der Waals surface area (Å²) in [5, 5.41) is 3.84. The third-order valence-electron chi connectivity index (χ3n) is 3.13. The number of hydrogen-bond donors (Lipinski definition) is 4. The molecule has 0 spiro atoms. The Labute approximate surface area is 126 Å². The first-order chi connectivity index (χ1) is 9.60. The summed E-state index contributed by atoms with van der Waals surface area (Å²) in [6, 6.07) is 7.63. The van der Waals surface area contributed by atoms with Gasteiger partial charge in [0.2, 0.25) is 0 Å². The molecule has 108 valence electrons. The molecule has 0 aliphatic carbocycles. The maximum Gasteiger partial charge on any atom is 0.267 e. The lowest BCUT2D eigenvalue weighted by molar-refractivity contribution is 0.0946. The molecule has 20 heavy (non-hydrogen) atoms. The Balaban J connectivity index is 1.97. The Kier molecular flexibility index (Phi) is 5.17. The normalized spacial score (nSPS) is 12.6. The van der Waals surface area contributed by atoms with E-state index < -0.39 is 0 Å². The van der Waals surface area contributed by atoms with Gasteiger partial charge >= 0.3 is 0 Å².